The fraction of sp³-hybridized carbons (Fsp3) is 1.00. The lowest BCUT2D eigenvalue weighted by Gasteiger charge is -2.37. The lowest BCUT2D eigenvalue weighted by Crippen LogP contribution is -2.57. The maximum atomic E-state index is 11.1. The predicted octanol–water partition coefficient (Wildman–Crippen LogP) is -0.652. The van der Waals surface area contributed by atoms with Crippen LogP contribution < -0.4 is 0 Å². The van der Waals surface area contributed by atoms with E-state index >= 15 is 0 Å². The summed E-state index contributed by atoms with van der Waals surface area (Å²) in [5.41, 5.74) is 0. The second-order valence-corrected chi connectivity index (χ2v) is 10.6. The van der Waals surface area contributed by atoms with Crippen molar-refractivity contribution in [2.45, 2.75) is 30.7 Å². The predicted molar refractivity (Wildman–Crippen MR) is 73.6 cm³/mol. The average Bonchev–Trinajstić information content (AvgIpc) is 2.71. The molecule has 0 N–H and O–H groups in total. The van der Waals surface area contributed by atoms with Crippen molar-refractivity contribution in [1.29, 1.82) is 0 Å². The molecule has 11 nitrogen and oxygen atoms in total. The highest BCUT2D eigenvalue weighted by Gasteiger charge is 2.56. The first-order valence-corrected chi connectivity index (χ1v) is 12.1. The monoisotopic (exact) mass is 456 g/mol. The molecule has 0 aromatic carbocycles. The number of ether oxygens (including phenoxy) is 2. The quantitative estimate of drug-likeness (QED) is 0.468. The number of hydrogen-bond acceptors (Lipinski definition) is 11. The van der Waals surface area contributed by atoms with Crippen LogP contribution >= 0.6 is 32.0 Å². The van der Waals surface area contributed by atoms with Crippen LogP contribution in [0, 0.1) is 0 Å². The van der Waals surface area contributed by atoms with Crippen molar-refractivity contribution in [3.8, 4) is 0 Å². The molecule has 2 bridgehead atoms. The third-order valence-corrected chi connectivity index (χ3v) is 4.71. The van der Waals surface area contributed by atoms with Gasteiger partial charge in [0.05, 0.1) is 6.61 Å². The Hall–Kier alpha value is 0.520. The maximum absolute atomic E-state index is 11.1. The van der Waals surface area contributed by atoms with Crippen LogP contribution in [0.15, 0.2) is 0 Å². The van der Waals surface area contributed by atoms with Gasteiger partial charge in [0.2, 0.25) is 0 Å². The Bertz CT molecular complexity index is 713. The van der Waals surface area contributed by atoms with Crippen molar-refractivity contribution in [2.75, 3.05) is 6.61 Å². The van der Waals surface area contributed by atoms with Gasteiger partial charge in [0.25, 0.3) is 0 Å². The van der Waals surface area contributed by atoms with Crippen LogP contribution in [0.3, 0.4) is 0 Å². The third-order valence-electron chi connectivity index (χ3n) is 2.69. The molecule has 17 heteroatoms. The van der Waals surface area contributed by atoms with Crippen LogP contribution in [0.4, 0.5) is 0 Å². The van der Waals surface area contributed by atoms with Crippen LogP contribution in [-0.2, 0) is 50.0 Å². The molecular formula is C6H7Cl3O11S3. The second-order valence-electron chi connectivity index (χ2n) is 4.24. The highest BCUT2D eigenvalue weighted by molar-refractivity contribution is 8.10. The molecule has 2 heterocycles. The van der Waals surface area contributed by atoms with E-state index in [0.29, 0.717) is 0 Å². The summed E-state index contributed by atoms with van der Waals surface area (Å²) in [6, 6.07) is 0. The zero-order valence-electron chi connectivity index (χ0n) is 10.4. The smallest absolute Gasteiger partial charge is 0.347 e. The van der Waals surface area contributed by atoms with E-state index in [4.69, 9.17) is 41.5 Å². The summed E-state index contributed by atoms with van der Waals surface area (Å²) < 4.78 is 90.2. The molecule has 0 aromatic heterocycles. The summed E-state index contributed by atoms with van der Waals surface area (Å²) in [6.45, 7) is -0.286. The van der Waals surface area contributed by atoms with Gasteiger partial charge in [0, 0.05) is 32.0 Å². The van der Waals surface area contributed by atoms with Gasteiger partial charge in [-0.3, -0.25) is 0 Å². The van der Waals surface area contributed by atoms with Crippen LogP contribution in [0.5, 0.6) is 0 Å². The molecule has 0 unspecified atom stereocenters. The lowest BCUT2D eigenvalue weighted by molar-refractivity contribution is -0.205. The Labute approximate surface area is 144 Å². The number of fused-ring (bicyclic) bond motifs is 2. The Kier molecular flexibility index (Phi) is 5.76. The van der Waals surface area contributed by atoms with Crippen molar-refractivity contribution >= 4 is 60.0 Å². The van der Waals surface area contributed by atoms with Crippen molar-refractivity contribution < 1.29 is 47.3 Å². The molecule has 136 valence electrons. The average molecular weight is 458 g/mol. The van der Waals surface area contributed by atoms with Crippen LogP contribution in [0.2, 0.25) is 0 Å². The number of halogens is 3. The Morgan fingerprint density at radius 3 is 1.65 bits per heavy atom. The molecule has 2 aliphatic rings. The van der Waals surface area contributed by atoms with E-state index in [1.54, 1.807) is 0 Å². The first kappa shape index (κ1) is 19.8. The minimum atomic E-state index is -4.69. The van der Waals surface area contributed by atoms with Gasteiger partial charge in [-0.1, -0.05) is 0 Å². The summed E-state index contributed by atoms with van der Waals surface area (Å²) in [4.78, 5) is 0. The highest BCUT2D eigenvalue weighted by atomic mass is 35.7. The normalized spacial score (nSPS) is 35.3. The van der Waals surface area contributed by atoms with Crippen LogP contribution in [0.1, 0.15) is 0 Å². The molecule has 2 fully saturated rings. The van der Waals surface area contributed by atoms with Gasteiger partial charge in [0.1, 0.15) is 18.3 Å². The first-order chi connectivity index (χ1) is 10.3. The number of hydrogen-bond donors (Lipinski definition) is 0. The van der Waals surface area contributed by atoms with Crippen molar-refractivity contribution in [3.63, 3.8) is 0 Å². The zero-order chi connectivity index (χ0) is 17.6. The van der Waals surface area contributed by atoms with Gasteiger partial charge in [-0.05, 0) is 0 Å². The summed E-state index contributed by atoms with van der Waals surface area (Å²) >= 11 is 0. The lowest BCUT2D eigenvalue weighted by atomic mass is 10.0. The van der Waals surface area contributed by atoms with E-state index in [1.165, 1.54) is 0 Å². The first-order valence-electron chi connectivity index (χ1n) is 5.41. The molecule has 2 aliphatic heterocycles. The summed E-state index contributed by atoms with van der Waals surface area (Å²) in [6.07, 6.45) is -8.00. The van der Waals surface area contributed by atoms with Crippen molar-refractivity contribution in [3.05, 3.63) is 0 Å². The Balaban J connectivity index is 2.41. The maximum Gasteiger partial charge on any atom is 0.356 e. The van der Waals surface area contributed by atoms with E-state index < -0.39 is 58.7 Å². The van der Waals surface area contributed by atoms with Crippen molar-refractivity contribution in [2.24, 2.45) is 0 Å². The standard InChI is InChI=1S/C6H7Cl3O11S3/c7-21(10,11)18-3-2-1-16-6(17-2)5(20-23(9,14)15)4(3)19-22(8,12)13/h2-6H,1H2/t2-,3-,4+,5+,6-/m1/s1. The topological polar surface area (TPSA) is 149 Å². The molecule has 2 saturated heterocycles. The fourth-order valence-electron chi connectivity index (χ4n) is 2.06. The minimum Gasteiger partial charge on any atom is -0.347 e. The molecule has 0 saturated carbocycles. The molecule has 0 radical (unpaired) electrons. The van der Waals surface area contributed by atoms with Gasteiger partial charge in [-0.25, -0.2) is 12.5 Å². The highest BCUT2D eigenvalue weighted by Crippen LogP contribution is 2.36. The molecule has 2 rings (SSSR count). The SMILES string of the molecule is O=S(=O)(Cl)O[C@@H]1[C@H](OS(=O)(=O)Cl)[C@@H]2OC[C@@H](O2)[C@H]1OS(=O)(=O)Cl. The van der Waals surface area contributed by atoms with E-state index in [1.807, 2.05) is 0 Å². The Morgan fingerprint density at radius 2 is 1.17 bits per heavy atom. The van der Waals surface area contributed by atoms with E-state index in [0.717, 1.165) is 0 Å². The largest absolute Gasteiger partial charge is 0.356 e. The van der Waals surface area contributed by atoms with E-state index in [9.17, 15) is 25.3 Å². The molecule has 23 heavy (non-hydrogen) atoms. The zero-order valence-corrected chi connectivity index (χ0v) is 15.2. The minimum absolute atomic E-state index is 0.286. The Morgan fingerprint density at radius 1 is 0.739 bits per heavy atom. The number of rotatable bonds is 6. The van der Waals surface area contributed by atoms with Crippen LogP contribution in [0.25, 0.3) is 0 Å². The molecule has 0 amide bonds. The van der Waals surface area contributed by atoms with Gasteiger partial charge in [-0.15, -0.1) is 0 Å². The molecule has 0 spiro atoms. The molecule has 0 aliphatic carbocycles. The summed E-state index contributed by atoms with van der Waals surface area (Å²) in [5, 5.41) is 0. The van der Waals surface area contributed by atoms with E-state index in [2.05, 4.69) is 12.5 Å². The molecular weight excluding hydrogens is 451 g/mol. The van der Waals surface area contributed by atoms with Gasteiger partial charge >= 0.3 is 28.0 Å². The van der Waals surface area contributed by atoms with Gasteiger partial charge in [-0.2, -0.15) is 25.3 Å². The summed E-state index contributed by atoms with van der Waals surface area (Å²) in [5.74, 6) is 0. The summed E-state index contributed by atoms with van der Waals surface area (Å²) in [7, 11) is 0.868. The van der Waals surface area contributed by atoms with Gasteiger partial charge in [0.15, 0.2) is 12.4 Å². The second kappa shape index (κ2) is 6.68. The fourth-order valence-corrected chi connectivity index (χ4v) is 4.27. The van der Waals surface area contributed by atoms with Crippen LogP contribution in [-0.4, -0.2) is 62.6 Å². The van der Waals surface area contributed by atoms with E-state index in [-0.39, 0.29) is 6.61 Å². The third kappa shape index (κ3) is 5.78. The van der Waals surface area contributed by atoms with Crippen molar-refractivity contribution in [1.82, 2.24) is 0 Å². The molecule has 5 atom stereocenters. The molecule has 0 aromatic rings. The van der Waals surface area contributed by atoms with Gasteiger partial charge < -0.3 is 9.47 Å².